The molecule has 1 aliphatic rings. The number of hydrogen-bond donors (Lipinski definition) is 1. The van der Waals surface area contributed by atoms with Crippen LogP contribution in [0.2, 0.25) is 0 Å². The molecule has 2 N–H and O–H groups in total. The molecule has 0 unspecified atom stereocenters. The molecule has 1 heterocycles. The maximum absolute atomic E-state index is 4.86. The fourth-order valence-electron chi connectivity index (χ4n) is 0.194. The Kier molecular flexibility index (Phi) is 0.664. The van der Waals surface area contributed by atoms with Gasteiger partial charge in [-0.25, -0.2) is 0 Å². The number of nitrogens with two attached hydrogens (primary N) is 1. The topological polar surface area (TPSA) is 47.7 Å². The summed E-state index contributed by atoms with van der Waals surface area (Å²) in [5.41, 5.74) is 0. The second kappa shape index (κ2) is 1.16. The van der Waals surface area contributed by atoms with Gasteiger partial charge in [-0.05, 0) is 0 Å². The highest BCUT2D eigenvalue weighted by Crippen LogP contribution is 1.93. The van der Waals surface area contributed by atoms with Crippen LogP contribution in [0.1, 0.15) is 0 Å². The van der Waals surface area contributed by atoms with E-state index in [2.05, 4.69) is 9.68 Å². The molecule has 4 heteroatoms. The number of hydrogen-bond acceptors (Lipinski definition) is 4. The van der Waals surface area contributed by atoms with E-state index in [0.29, 0.717) is 0 Å². The Hall–Kier alpha value is -0.740. The van der Waals surface area contributed by atoms with E-state index < -0.39 is 0 Å². The van der Waals surface area contributed by atoms with E-state index in [1.54, 1.807) is 0 Å². The summed E-state index contributed by atoms with van der Waals surface area (Å²) in [5, 5.41) is 0.750. The van der Waals surface area contributed by atoms with Crippen LogP contribution in [0.3, 0.4) is 0 Å². The van der Waals surface area contributed by atoms with Crippen molar-refractivity contribution in [2.75, 3.05) is 0 Å². The highest BCUT2D eigenvalue weighted by Gasteiger charge is 1.97. The fraction of sp³-hybridized carbons (Fsp3) is 0. The zero-order valence-corrected chi connectivity index (χ0v) is 3.00. The van der Waals surface area contributed by atoms with Crippen LogP contribution in [0.5, 0.6) is 0 Å². The smallest absolute Gasteiger partial charge is 0.154 e. The van der Waals surface area contributed by atoms with E-state index in [0.717, 1.165) is 5.34 Å². The highest BCUT2D eigenvalue weighted by molar-refractivity contribution is 4.60. The first-order chi connectivity index (χ1) is 2.89. The van der Waals surface area contributed by atoms with Gasteiger partial charge >= 0.3 is 0 Å². The molecule has 34 valence electrons. The molecule has 0 saturated carbocycles. The third-order valence-corrected chi connectivity index (χ3v) is 0.385. The first-order valence-electron chi connectivity index (χ1n) is 1.43. The number of rotatable bonds is 0. The van der Waals surface area contributed by atoms with Gasteiger partial charge in [0.15, 0.2) is 12.5 Å². The van der Waals surface area contributed by atoms with Crippen LogP contribution in [-0.4, -0.2) is 5.34 Å². The zero-order chi connectivity index (χ0) is 4.41. The monoisotopic (exact) mass is 88.0 g/mol. The Morgan fingerprint density at radius 1 is 1.33 bits per heavy atom. The van der Waals surface area contributed by atoms with Gasteiger partial charge in [-0.15, -0.1) is 0 Å². The molecular formula is C2H4N2O2. The second-order valence-corrected chi connectivity index (χ2v) is 0.768. The van der Waals surface area contributed by atoms with Crippen molar-refractivity contribution in [1.82, 2.24) is 5.34 Å². The van der Waals surface area contributed by atoms with Gasteiger partial charge in [0.05, 0.1) is 0 Å². The lowest BCUT2D eigenvalue weighted by molar-refractivity contribution is -0.288. The Morgan fingerprint density at radius 3 is 2.00 bits per heavy atom. The van der Waals surface area contributed by atoms with Gasteiger partial charge in [-0.3, -0.25) is 0 Å². The summed E-state index contributed by atoms with van der Waals surface area (Å²) in [5.74, 6) is 4.86. The molecule has 1 rings (SSSR count). The first kappa shape index (κ1) is 3.45. The van der Waals surface area contributed by atoms with Crippen molar-refractivity contribution in [2.24, 2.45) is 5.84 Å². The number of hydrazine groups is 1. The van der Waals surface area contributed by atoms with E-state index in [4.69, 9.17) is 5.84 Å². The number of nitrogens with zero attached hydrogens (tertiary/aromatic N) is 1. The van der Waals surface area contributed by atoms with Crippen molar-refractivity contribution in [3.63, 3.8) is 0 Å². The zero-order valence-electron chi connectivity index (χ0n) is 3.00. The van der Waals surface area contributed by atoms with Crippen molar-refractivity contribution in [3.05, 3.63) is 12.5 Å². The maximum Gasteiger partial charge on any atom is 0.154 e. The van der Waals surface area contributed by atoms with Crippen molar-refractivity contribution < 1.29 is 9.68 Å². The molecule has 1 aliphatic heterocycles. The van der Waals surface area contributed by atoms with Gasteiger partial charge in [0, 0.05) is 0 Å². The minimum Gasteiger partial charge on any atom is -0.362 e. The lowest BCUT2D eigenvalue weighted by Crippen LogP contribution is -2.23. The average Bonchev–Trinajstić information content (AvgIpc) is 1.86. The van der Waals surface area contributed by atoms with Gasteiger partial charge in [-0.1, -0.05) is 0 Å². The van der Waals surface area contributed by atoms with Crippen molar-refractivity contribution >= 4 is 0 Å². The third-order valence-electron chi connectivity index (χ3n) is 0.385. The fourth-order valence-corrected chi connectivity index (χ4v) is 0.194. The van der Waals surface area contributed by atoms with E-state index in [1.165, 1.54) is 12.5 Å². The van der Waals surface area contributed by atoms with Gasteiger partial charge in [0.25, 0.3) is 0 Å². The first-order valence-corrected chi connectivity index (χ1v) is 1.43. The molecule has 0 aromatic heterocycles. The van der Waals surface area contributed by atoms with Crippen LogP contribution in [0.15, 0.2) is 12.5 Å². The van der Waals surface area contributed by atoms with Crippen LogP contribution in [0.25, 0.3) is 0 Å². The van der Waals surface area contributed by atoms with E-state index in [-0.39, 0.29) is 0 Å². The third kappa shape index (κ3) is 0.425. The molecule has 6 heavy (non-hydrogen) atoms. The summed E-state index contributed by atoms with van der Waals surface area (Å²) in [6.07, 6.45) is 2.67. The van der Waals surface area contributed by atoms with Crippen LogP contribution in [-0.2, 0) is 9.68 Å². The quantitative estimate of drug-likeness (QED) is 0.406. The van der Waals surface area contributed by atoms with Gasteiger partial charge in [0.1, 0.15) is 5.34 Å². The van der Waals surface area contributed by atoms with Crippen molar-refractivity contribution in [2.45, 2.75) is 0 Å². The van der Waals surface area contributed by atoms with E-state index >= 15 is 0 Å². The van der Waals surface area contributed by atoms with Gasteiger partial charge < -0.3 is 9.68 Å². The Bertz CT molecular complexity index is 63.9. The minimum absolute atomic E-state index is 0.750. The summed E-state index contributed by atoms with van der Waals surface area (Å²) in [7, 11) is 0. The summed E-state index contributed by atoms with van der Waals surface area (Å²) in [6, 6.07) is 0. The summed E-state index contributed by atoms with van der Waals surface area (Å²) in [6.45, 7) is 0. The highest BCUT2D eigenvalue weighted by atomic mass is 17.0. The van der Waals surface area contributed by atoms with E-state index in [9.17, 15) is 0 Å². The SMILES string of the molecule is NN1OC=CO1. The predicted octanol–water partition coefficient (Wildman–Crippen LogP) is -0.490. The normalized spacial score (nSPS) is 20.2. The molecule has 0 radical (unpaired) electrons. The van der Waals surface area contributed by atoms with Crippen LogP contribution >= 0.6 is 0 Å². The molecule has 0 aliphatic carbocycles. The Balaban J connectivity index is 2.32. The molecule has 0 saturated heterocycles. The summed E-state index contributed by atoms with van der Waals surface area (Å²) >= 11 is 0. The van der Waals surface area contributed by atoms with Gasteiger partial charge in [0.2, 0.25) is 0 Å². The molecule has 0 fully saturated rings. The lowest BCUT2D eigenvalue weighted by Gasteiger charge is -2.00. The Labute approximate surface area is 34.6 Å². The summed E-state index contributed by atoms with van der Waals surface area (Å²) < 4.78 is 0. The van der Waals surface area contributed by atoms with Crippen LogP contribution in [0.4, 0.5) is 0 Å². The largest absolute Gasteiger partial charge is 0.362 e. The molecule has 0 bridgehead atoms. The maximum atomic E-state index is 4.86. The molecule has 0 atom stereocenters. The second-order valence-electron chi connectivity index (χ2n) is 0.768. The minimum atomic E-state index is 0.750. The molecular weight excluding hydrogens is 84.0 g/mol. The van der Waals surface area contributed by atoms with Crippen LogP contribution in [0, 0.1) is 0 Å². The van der Waals surface area contributed by atoms with Crippen molar-refractivity contribution in [1.29, 1.82) is 0 Å². The van der Waals surface area contributed by atoms with Gasteiger partial charge in [-0.2, -0.15) is 5.84 Å². The van der Waals surface area contributed by atoms with Crippen LogP contribution < -0.4 is 5.84 Å². The molecule has 0 aromatic carbocycles. The average molecular weight is 88.1 g/mol. The standard InChI is InChI=1S/C2H4N2O2/c3-4-5-1-2-6-4/h1-2H,3H2. The molecule has 0 amide bonds. The van der Waals surface area contributed by atoms with Crippen molar-refractivity contribution in [3.8, 4) is 0 Å². The lowest BCUT2D eigenvalue weighted by atomic mass is 11.1. The Morgan fingerprint density at radius 2 is 1.83 bits per heavy atom. The molecule has 0 spiro atoms. The molecule has 4 nitrogen and oxygen atoms in total. The predicted molar refractivity (Wildman–Crippen MR) is 17.3 cm³/mol. The van der Waals surface area contributed by atoms with E-state index in [1.807, 2.05) is 0 Å². The summed E-state index contributed by atoms with van der Waals surface area (Å²) in [4.78, 5) is 8.72. The molecule has 0 aromatic rings.